The molecule has 5 rings (SSSR count). The van der Waals surface area contributed by atoms with Crippen molar-refractivity contribution in [3.05, 3.63) is 35.9 Å². The number of ether oxygens (including phenoxy) is 6. The molecular formula is C37H46O14. The maximum atomic E-state index is 14.5. The van der Waals surface area contributed by atoms with Gasteiger partial charge < -0.3 is 33.5 Å². The van der Waals surface area contributed by atoms with E-state index in [4.69, 9.17) is 28.4 Å². The lowest BCUT2D eigenvalue weighted by Gasteiger charge is -2.58. The topological polar surface area (TPSA) is 195 Å². The maximum absolute atomic E-state index is 14.5. The van der Waals surface area contributed by atoms with Gasteiger partial charge in [0.2, 0.25) is 0 Å². The molecule has 1 aromatic carbocycles. The summed E-state index contributed by atoms with van der Waals surface area (Å²) in [5.74, 6) is -9.88. The molecule has 51 heavy (non-hydrogen) atoms. The Morgan fingerprint density at radius 3 is 1.75 bits per heavy atom. The van der Waals surface area contributed by atoms with Gasteiger partial charge in [0, 0.05) is 52.9 Å². The molecule has 4 saturated carbocycles. The summed E-state index contributed by atoms with van der Waals surface area (Å²) in [7, 11) is 0. The normalized spacial score (nSPS) is 38.9. The number of esters is 6. The number of carbonyl (C=O) groups excluding carboxylic acids is 7. The van der Waals surface area contributed by atoms with Gasteiger partial charge in [0.25, 0.3) is 0 Å². The Balaban J connectivity index is 1.90. The molecule has 0 saturated heterocycles. The van der Waals surface area contributed by atoms with E-state index in [1.165, 1.54) is 26.0 Å². The predicted molar refractivity (Wildman–Crippen MR) is 173 cm³/mol. The first-order chi connectivity index (χ1) is 23.6. The van der Waals surface area contributed by atoms with E-state index in [-0.39, 0.29) is 12.0 Å². The van der Waals surface area contributed by atoms with E-state index >= 15 is 0 Å². The third-order valence-corrected chi connectivity index (χ3v) is 11.4. The van der Waals surface area contributed by atoms with Gasteiger partial charge in [-0.3, -0.25) is 28.8 Å². The molecule has 1 unspecified atom stereocenters. The van der Waals surface area contributed by atoms with Gasteiger partial charge in [0.05, 0.1) is 22.3 Å². The van der Waals surface area contributed by atoms with Crippen LogP contribution >= 0.6 is 0 Å². The zero-order valence-electron chi connectivity index (χ0n) is 30.3. The van der Waals surface area contributed by atoms with Crippen LogP contribution in [0.1, 0.15) is 85.5 Å². The summed E-state index contributed by atoms with van der Waals surface area (Å²) in [5.41, 5.74) is -7.57. The Kier molecular flexibility index (Phi) is 9.68. The van der Waals surface area contributed by atoms with E-state index in [0.29, 0.717) is 0 Å². The van der Waals surface area contributed by atoms with Gasteiger partial charge in [0.1, 0.15) is 29.7 Å². The van der Waals surface area contributed by atoms with Crippen LogP contribution in [0.3, 0.4) is 0 Å². The summed E-state index contributed by atoms with van der Waals surface area (Å²) in [6, 6.07) is 8.04. The molecule has 2 bridgehead atoms. The van der Waals surface area contributed by atoms with Crippen LogP contribution in [-0.4, -0.2) is 88.4 Å². The Morgan fingerprint density at radius 1 is 0.686 bits per heavy atom. The third kappa shape index (κ3) is 5.98. The van der Waals surface area contributed by atoms with Gasteiger partial charge in [0.15, 0.2) is 17.8 Å². The van der Waals surface area contributed by atoms with Gasteiger partial charge in [-0.1, -0.05) is 32.0 Å². The molecule has 278 valence electrons. The molecule has 14 heteroatoms. The highest BCUT2D eigenvalue weighted by molar-refractivity contribution is 5.91. The standard InChI is InChI=1S/C37H46O14/c1-17-15-36(45)26(27(17)50-31(44)23-13-11-10-12-14-23)30(47-19(3)39)37(51-22(6)42)16-24-25(29(46-18(2)38)34(7,8)28(24)43)35(9,32(36)48-20(4)40)33(37)49-21(5)41/h10-14,17,24-27,29-30,32-33,45H,15-16H2,1-9H3/t17-,24+,25+,26+,27-,29-,30+,32+,33?,35+,36+,37+/m0/s1. The minimum absolute atomic E-state index is 0.180. The van der Waals surface area contributed by atoms with Crippen molar-refractivity contribution < 1.29 is 67.1 Å². The second-order valence-corrected chi connectivity index (χ2v) is 15.3. The average molecular weight is 715 g/mol. The summed E-state index contributed by atoms with van der Waals surface area (Å²) >= 11 is 0. The highest BCUT2D eigenvalue weighted by Gasteiger charge is 2.84. The Labute approximate surface area is 295 Å². The van der Waals surface area contributed by atoms with Crippen LogP contribution in [-0.2, 0) is 57.2 Å². The number of benzene rings is 1. The maximum Gasteiger partial charge on any atom is 0.338 e. The van der Waals surface area contributed by atoms with Gasteiger partial charge in [-0.2, -0.15) is 0 Å². The fourth-order valence-electron chi connectivity index (χ4n) is 10.0. The molecule has 0 aromatic heterocycles. The van der Waals surface area contributed by atoms with Crippen LogP contribution in [0.15, 0.2) is 30.3 Å². The van der Waals surface area contributed by atoms with E-state index < -0.39 is 124 Å². The summed E-state index contributed by atoms with van der Waals surface area (Å²) in [6.45, 7) is 11.9. The fraction of sp³-hybridized carbons (Fsp3) is 0.649. The van der Waals surface area contributed by atoms with Crippen molar-refractivity contribution >= 4 is 41.6 Å². The van der Waals surface area contributed by atoms with Crippen LogP contribution < -0.4 is 0 Å². The molecule has 0 heterocycles. The molecule has 4 fully saturated rings. The van der Waals surface area contributed by atoms with Crippen LogP contribution in [0.5, 0.6) is 0 Å². The fourth-order valence-corrected chi connectivity index (χ4v) is 10.0. The van der Waals surface area contributed by atoms with E-state index in [9.17, 15) is 38.7 Å². The molecule has 14 nitrogen and oxygen atoms in total. The van der Waals surface area contributed by atoms with E-state index in [0.717, 1.165) is 27.7 Å². The summed E-state index contributed by atoms with van der Waals surface area (Å²) in [6.07, 6.45) is -8.24. The number of hydrogen-bond acceptors (Lipinski definition) is 14. The number of rotatable bonds is 7. The lowest BCUT2D eigenvalue weighted by atomic mass is 9.53. The first kappa shape index (κ1) is 37.9. The van der Waals surface area contributed by atoms with Crippen molar-refractivity contribution in [3.8, 4) is 0 Å². The SMILES string of the molecule is CC(=O)OC1[C@]2(C)[C@@H]3[C@@H](C[C@@]1(OC(C)=O)[C@H](OC(C)=O)[C@H]1[C@@H](OC(=O)c4ccccc4)[C@@H](C)C[C@]1(O)[C@@H]2OC(C)=O)C(=O)C(C)(C)[C@H]3OC(C)=O. The monoisotopic (exact) mass is 714 g/mol. The zero-order valence-corrected chi connectivity index (χ0v) is 30.3. The van der Waals surface area contributed by atoms with E-state index in [1.54, 1.807) is 39.0 Å². The predicted octanol–water partition coefficient (Wildman–Crippen LogP) is 2.89. The number of carbonyl (C=O) groups is 7. The lowest BCUT2D eigenvalue weighted by molar-refractivity contribution is -0.276. The summed E-state index contributed by atoms with van der Waals surface area (Å²) in [5, 5.41) is 13.3. The number of aliphatic hydroxyl groups is 1. The van der Waals surface area contributed by atoms with Crippen molar-refractivity contribution in [2.24, 2.45) is 34.5 Å². The molecular weight excluding hydrogens is 668 g/mol. The smallest absolute Gasteiger partial charge is 0.338 e. The Bertz CT molecular complexity index is 1640. The highest BCUT2D eigenvalue weighted by atomic mass is 16.6. The quantitative estimate of drug-likeness (QED) is 0.320. The second kappa shape index (κ2) is 13.0. The third-order valence-electron chi connectivity index (χ3n) is 11.4. The minimum atomic E-state index is -2.26. The van der Waals surface area contributed by atoms with Crippen LogP contribution in [0, 0.1) is 34.5 Å². The number of ketones is 1. The molecule has 1 aromatic rings. The lowest BCUT2D eigenvalue weighted by Crippen LogP contribution is -2.71. The van der Waals surface area contributed by atoms with Crippen LogP contribution in [0.4, 0.5) is 0 Å². The largest absolute Gasteiger partial charge is 0.461 e. The highest BCUT2D eigenvalue weighted by Crippen LogP contribution is 2.69. The van der Waals surface area contributed by atoms with Crippen molar-refractivity contribution in [3.63, 3.8) is 0 Å². The van der Waals surface area contributed by atoms with Gasteiger partial charge in [-0.15, -0.1) is 0 Å². The first-order valence-electron chi connectivity index (χ1n) is 17.0. The van der Waals surface area contributed by atoms with Gasteiger partial charge >= 0.3 is 35.8 Å². The van der Waals surface area contributed by atoms with E-state index in [1.807, 2.05) is 0 Å². The molecule has 0 spiro atoms. The molecule has 4 aliphatic carbocycles. The Hall–Kier alpha value is -4.33. The van der Waals surface area contributed by atoms with Crippen LogP contribution in [0.2, 0.25) is 0 Å². The molecule has 0 amide bonds. The number of Topliss-reactive ketones (excluding diaryl/α,β-unsaturated/α-hetero) is 1. The zero-order chi connectivity index (χ0) is 38.0. The van der Waals surface area contributed by atoms with Crippen molar-refractivity contribution in [2.45, 2.75) is 117 Å². The van der Waals surface area contributed by atoms with Crippen molar-refractivity contribution in [1.29, 1.82) is 0 Å². The molecule has 1 N–H and O–H groups in total. The molecule has 4 aliphatic rings. The summed E-state index contributed by atoms with van der Waals surface area (Å²) < 4.78 is 36.4. The van der Waals surface area contributed by atoms with Crippen molar-refractivity contribution in [2.75, 3.05) is 0 Å². The summed E-state index contributed by atoms with van der Waals surface area (Å²) in [4.78, 5) is 93.4. The van der Waals surface area contributed by atoms with E-state index in [2.05, 4.69) is 0 Å². The minimum Gasteiger partial charge on any atom is -0.461 e. The van der Waals surface area contributed by atoms with Crippen LogP contribution in [0.25, 0.3) is 0 Å². The molecule has 0 radical (unpaired) electrons. The molecule has 12 atom stereocenters. The van der Waals surface area contributed by atoms with Crippen molar-refractivity contribution in [1.82, 2.24) is 0 Å². The van der Waals surface area contributed by atoms with Gasteiger partial charge in [-0.05, 0) is 38.3 Å². The second-order valence-electron chi connectivity index (χ2n) is 15.3. The average Bonchev–Trinajstić information content (AvgIpc) is 3.36. The molecule has 0 aliphatic heterocycles. The Morgan fingerprint density at radius 2 is 1.22 bits per heavy atom. The first-order valence-corrected chi connectivity index (χ1v) is 17.0. The van der Waals surface area contributed by atoms with Gasteiger partial charge in [-0.25, -0.2) is 4.79 Å². The number of hydrogen-bond donors (Lipinski definition) is 1. The number of fused-ring (bicyclic) bond motifs is 5.